The van der Waals surface area contributed by atoms with Gasteiger partial charge in [-0.2, -0.15) is 0 Å². The number of rotatable bonds is 7. The van der Waals surface area contributed by atoms with E-state index in [0.717, 1.165) is 28.2 Å². The summed E-state index contributed by atoms with van der Waals surface area (Å²) in [6, 6.07) is 108. The number of aromatic nitrogens is 1. The number of para-hydroxylation sites is 1. The Hall–Kier alpha value is -10.0. The highest BCUT2D eigenvalue weighted by Crippen LogP contribution is 2.63. The van der Waals surface area contributed by atoms with Crippen LogP contribution in [0.2, 0.25) is 0 Å². The highest BCUT2D eigenvalue weighted by atomic mass is 15.1. The highest BCUT2D eigenvalue weighted by molar-refractivity contribution is 6.12. The van der Waals surface area contributed by atoms with Gasteiger partial charge in [-0.15, -0.1) is 0 Å². The molecule has 0 radical (unpaired) electrons. The molecule has 0 fully saturated rings. The number of hydrogen-bond acceptors (Lipinski definition) is 1. The van der Waals surface area contributed by atoms with Crippen LogP contribution in [-0.2, 0) is 5.41 Å². The highest BCUT2D eigenvalue weighted by Gasteiger charge is 2.51. The van der Waals surface area contributed by atoms with Crippen LogP contribution in [0, 0.1) is 0 Å². The van der Waals surface area contributed by atoms with Crippen LogP contribution in [0.1, 0.15) is 22.3 Å². The van der Waals surface area contributed by atoms with Crippen LogP contribution in [0.15, 0.2) is 291 Å². The SMILES string of the molecule is c1ccc(-c2ccc(N(c3cccc(-c4ccc(-c5ccc6c(c5)c5ccccc5n6-c5cccc6ccccc56)cc4)c3)c3ccc4c(c3)C3(c5ccccc5-c5ccccc53)c3ccccc3-4)c3ccccc23)cc1. The molecule has 77 heavy (non-hydrogen) atoms. The van der Waals surface area contributed by atoms with Crippen molar-refractivity contribution in [3.05, 3.63) is 313 Å². The van der Waals surface area contributed by atoms with Gasteiger partial charge in [0, 0.05) is 32.9 Å². The van der Waals surface area contributed by atoms with Crippen molar-refractivity contribution >= 4 is 60.4 Å². The number of hydrogen-bond donors (Lipinski definition) is 0. The Labute approximate surface area is 447 Å². The van der Waals surface area contributed by atoms with Crippen LogP contribution in [0.5, 0.6) is 0 Å². The maximum atomic E-state index is 2.51. The lowest BCUT2D eigenvalue weighted by atomic mass is 9.70. The molecule has 358 valence electrons. The van der Waals surface area contributed by atoms with Crippen molar-refractivity contribution in [3.8, 4) is 61.3 Å². The van der Waals surface area contributed by atoms with Gasteiger partial charge in [-0.3, -0.25) is 0 Å². The molecule has 0 bridgehead atoms. The molecular formula is C75H48N2. The van der Waals surface area contributed by atoms with Crippen molar-refractivity contribution in [1.82, 2.24) is 4.57 Å². The van der Waals surface area contributed by atoms with E-state index in [9.17, 15) is 0 Å². The summed E-state index contributed by atoms with van der Waals surface area (Å²) in [4.78, 5) is 2.50. The molecule has 0 amide bonds. The third-order valence-corrected chi connectivity index (χ3v) is 16.8. The van der Waals surface area contributed by atoms with E-state index < -0.39 is 5.41 Å². The monoisotopic (exact) mass is 976 g/mol. The smallest absolute Gasteiger partial charge is 0.0726 e. The average Bonchev–Trinajstić information content (AvgIpc) is 4.20. The molecule has 2 aliphatic carbocycles. The molecule has 0 saturated carbocycles. The van der Waals surface area contributed by atoms with Crippen LogP contribution in [0.25, 0.3) is 105 Å². The molecule has 14 aromatic rings. The second-order valence-corrected chi connectivity index (χ2v) is 20.7. The lowest BCUT2D eigenvalue weighted by Crippen LogP contribution is -2.26. The minimum absolute atomic E-state index is 0.470. The fourth-order valence-corrected chi connectivity index (χ4v) is 13.5. The predicted octanol–water partition coefficient (Wildman–Crippen LogP) is 19.9. The lowest BCUT2D eigenvalue weighted by Gasteiger charge is -2.32. The van der Waals surface area contributed by atoms with Gasteiger partial charge in [0.2, 0.25) is 0 Å². The molecule has 0 saturated heterocycles. The minimum Gasteiger partial charge on any atom is -0.310 e. The van der Waals surface area contributed by atoms with Crippen molar-refractivity contribution in [2.24, 2.45) is 0 Å². The first-order valence-electron chi connectivity index (χ1n) is 26.7. The Bertz CT molecular complexity index is 4620. The molecule has 16 rings (SSSR count). The van der Waals surface area contributed by atoms with Crippen LogP contribution >= 0.6 is 0 Å². The summed E-state index contributed by atoms with van der Waals surface area (Å²) in [7, 11) is 0. The van der Waals surface area contributed by atoms with Crippen molar-refractivity contribution in [1.29, 1.82) is 0 Å². The Morgan fingerprint density at radius 3 is 1.49 bits per heavy atom. The fourth-order valence-electron chi connectivity index (χ4n) is 13.5. The van der Waals surface area contributed by atoms with Crippen LogP contribution in [-0.4, -0.2) is 4.57 Å². The average molecular weight is 977 g/mol. The molecule has 0 atom stereocenters. The second-order valence-electron chi connectivity index (χ2n) is 20.7. The van der Waals surface area contributed by atoms with Gasteiger partial charge in [0.25, 0.3) is 0 Å². The Balaban J connectivity index is 0.841. The zero-order valence-electron chi connectivity index (χ0n) is 42.1. The van der Waals surface area contributed by atoms with E-state index in [4.69, 9.17) is 0 Å². The summed E-state index contributed by atoms with van der Waals surface area (Å²) in [6.45, 7) is 0. The first-order valence-corrected chi connectivity index (χ1v) is 26.7. The number of nitrogens with zero attached hydrogens (tertiary/aromatic N) is 2. The van der Waals surface area contributed by atoms with E-state index in [1.165, 1.54) is 116 Å². The van der Waals surface area contributed by atoms with Gasteiger partial charge in [-0.1, -0.05) is 237 Å². The largest absolute Gasteiger partial charge is 0.310 e. The summed E-state index contributed by atoms with van der Waals surface area (Å²) >= 11 is 0. The lowest BCUT2D eigenvalue weighted by molar-refractivity contribution is 0.793. The maximum absolute atomic E-state index is 2.51. The number of fused-ring (bicyclic) bond motifs is 15. The fraction of sp³-hybridized carbons (Fsp3) is 0.0133. The molecule has 13 aromatic carbocycles. The summed E-state index contributed by atoms with van der Waals surface area (Å²) in [6.07, 6.45) is 0. The van der Waals surface area contributed by atoms with Crippen LogP contribution in [0.3, 0.4) is 0 Å². The van der Waals surface area contributed by atoms with E-state index in [1.807, 2.05) is 0 Å². The molecule has 2 aliphatic rings. The third kappa shape index (κ3) is 6.43. The second kappa shape index (κ2) is 17.0. The molecule has 2 nitrogen and oxygen atoms in total. The molecule has 0 N–H and O–H groups in total. The zero-order valence-corrected chi connectivity index (χ0v) is 42.1. The number of anilines is 3. The van der Waals surface area contributed by atoms with Gasteiger partial charge >= 0.3 is 0 Å². The van der Waals surface area contributed by atoms with Crippen molar-refractivity contribution in [2.45, 2.75) is 5.41 Å². The van der Waals surface area contributed by atoms with Crippen molar-refractivity contribution in [2.75, 3.05) is 4.90 Å². The summed E-state index contributed by atoms with van der Waals surface area (Å²) in [5.41, 5.74) is 24.1. The van der Waals surface area contributed by atoms with Gasteiger partial charge in [0.1, 0.15) is 0 Å². The summed E-state index contributed by atoms with van der Waals surface area (Å²) in [5.74, 6) is 0. The normalized spacial score (nSPS) is 12.8. The molecule has 0 aliphatic heterocycles. The Morgan fingerprint density at radius 1 is 0.260 bits per heavy atom. The van der Waals surface area contributed by atoms with Gasteiger partial charge < -0.3 is 9.47 Å². The van der Waals surface area contributed by atoms with E-state index >= 15 is 0 Å². The van der Waals surface area contributed by atoms with Gasteiger partial charge in [-0.05, 0) is 143 Å². The quantitative estimate of drug-likeness (QED) is 0.154. The summed E-state index contributed by atoms with van der Waals surface area (Å²) < 4.78 is 2.43. The topological polar surface area (TPSA) is 8.17 Å². The summed E-state index contributed by atoms with van der Waals surface area (Å²) in [5, 5.41) is 7.38. The van der Waals surface area contributed by atoms with E-state index in [0.29, 0.717) is 0 Å². The molecule has 2 heteroatoms. The van der Waals surface area contributed by atoms with Crippen LogP contribution < -0.4 is 4.90 Å². The van der Waals surface area contributed by atoms with Crippen molar-refractivity contribution in [3.63, 3.8) is 0 Å². The van der Waals surface area contributed by atoms with E-state index in [2.05, 4.69) is 301 Å². The van der Waals surface area contributed by atoms with Gasteiger partial charge in [-0.25, -0.2) is 0 Å². The standard InChI is InChI=1S/C75H48N2/c1-2-18-51(19-3-1)57-43-45-73(64-29-7-6-25-59(57)64)76(56-41-42-63-62-28-10-14-33-69(62)75(70(63)48-56)67-31-12-8-26-60(67)61-27-9-13-32-68(61)75)55-23-16-22-53(46-55)49-36-38-50(39-37-49)54-40-44-74-66(47-54)65-30-11-15-34-72(65)77(74)71-35-17-21-52-20-4-5-24-58(52)71/h1-48H. The van der Waals surface area contributed by atoms with Gasteiger partial charge in [0.15, 0.2) is 0 Å². The Morgan fingerprint density at radius 2 is 0.766 bits per heavy atom. The number of benzene rings is 13. The first kappa shape index (κ1) is 43.4. The predicted molar refractivity (Wildman–Crippen MR) is 323 cm³/mol. The van der Waals surface area contributed by atoms with Gasteiger partial charge in [0.05, 0.1) is 27.8 Å². The van der Waals surface area contributed by atoms with E-state index in [-0.39, 0.29) is 0 Å². The molecule has 0 unspecified atom stereocenters. The Kier molecular flexibility index (Phi) is 9.58. The molecular weight excluding hydrogens is 929 g/mol. The molecule has 1 spiro atoms. The maximum Gasteiger partial charge on any atom is 0.0726 e. The first-order chi connectivity index (χ1) is 38.2. The molecule has 1 heterocycles. The zero-order chi connectivity index (χ0) is 50.6. The van der Waals surface area contributed by atoms with Crippen molar-refractivity contribution < 1.29 is 0 Å². The molecule has 1 aromatic heterocycles. The minimum atomic E-state index is -0.470. The third-order valence-electron chi connectivity index (χ3n) is 16.8. The van der Waals surface area contributed by atoms with Crippen LogP contribution in [0.4, 0.5) is 17.1 Å². The van der Waals surface area contributed by atoms with E-state index in [1.54, 1.807) is 0 Å².